The summed E-state index contributed by atoms with van der Waals surface area (Å²) in [6, 6.07) is 6.57. The van der Waals surface area contributed by atoms with E-state index < -0.39 is 0 Å². The minimum absolute atomic E-state index is 0. The highest BCUT2D eigenvalue weighted by molar-refractivity contribution is 14.0. The van der Waals surface area contributed by atoms with Crippen molar-refractivity contribution in [2.45, 2.75) is 38.5 Å². The van der Waals surface area contributed by atoms with Gasteiger partial charge in [-0.25, -0.2) is 4.99 Å². The van der Waals surface area contributed by atoms with Gasteiger partial charge in [0.1, 0.15) is 0 Å². The second-order valence-electron chi connectivity index (χ2n) is 6.24. The van der Waals surface area contributed by atoms with E-state index in [1.807, 2.05) is 0 Å². The van der Waals surface area contributed by atoms with Crippen molar-refractivity contribution in [3.8, 4) is 0 Å². The summed E-state index contributed by atoms with van der Waals surface area (Å²) in [6.07, 6.45) is 2.67. The first-order valence-corrected chi connectivity index (χ1v) is 9.55. The smallest absolute Gasteiger partial charge is 0.191 e. The number of hydrogen-bond donors (Lipinski definition) is 2. The Morgan fingerprint density at radius 1 is 1.33 bits per heavy atom. The molecule has 0 aromatic heterocycles. The summed E-state index contributed by atoms with van der Waals surface area (Å²) in [6.45, 7) is 6.83. The zero-order valence-electron chi connectivity index (χ0n) is 15.3. The molecule has 0 radical (unpaired) electrons. The van der Waals surface area contributed by atoms with Gasteiger partial charge < -0.3 is 15.5 Å². The van der Waals surface area contributed by atoms with Crippen molar-refractivity contribution >= 4 is 47.4 Å². The lowest BCUT2D eigenvalue weighted by Crippen LogP contribution is -2.40. The molecular formula is C18H31IN4S. The molecule has 6 heteroatoms. The van der Waals surface area contributed by atoms with Gasteiger partial charge >= 0.3 is 0 Å². The second-order valence-corrected chi connectivity index (χ2v) is 7.65. The van der Waals surface area contributed by atoms with Gasteiger partial charge in [0, 0.05) is 38.1 Å². The number of aliphatic imine (C=N–C) groups is 1. The summed E-state index contributed by atoms with van der Waals surface area (Å²) in [4.78, 5) is 6.94. The van der Waals surface area contributed by atoms with Gasteiger partial charge in [-0.3, -0.25) is 0 Å². The minimum atomic E-state index is 0. The van der Waals surface area contributed by atoms with Crippen LogP contribution in [0.4, 0.5) is 5.69 Å². The summed E-state index contributed by atoms with van der Waals surface area (Å²) >= 11 is 2.07. The number of thioether (sulfide) groups is 1. The maximum atomic E-state index is 4.78. The first-order valence-electron chi connectivity index (χ1n) is 8.50. The topological polar surface area (TPSA) is 39.7 Å². The summed E-state index contributed by atoms with van der Waals surface area (Å²) in [7, 11) is 4.17. The predicted molar refractivity (Wildman–Crippen MR) is 119 cm³/mol. The molecular weight excluding hydrogens is 431 g/mol. The van der Waals surface area contributed by atoms with Crippen LogP contribution in [-0.2, 0) is 6.54 Å². The van der Waals surface area contributed by atoms with E-state index in [0.29, 0.717) is 6.54 Å². The van der Waals surface area contributed by atoms with Crippen LogP contribution in [0.3, 0.4) is 0 Å². The fourth-order valence-electron chi connectivity index (χ4n) is 2.75. The minimum Gasteiger partial charge on any atom is -0.377 e. The highest BCUT2D eigenvalue weighted by atomic mass is 127. The fraction of sp³-hybridized carbons (Fsp3) is 0.611. The number of nitrogens with one attached hydrogen (secondary N) is 2. The second kappa shape index (κ2) is 11.1. The number of guanidine groups is 1. The SMILES string of the molecule is CCNC(=NCc1ccc(C)cc1N(C)C)NCC1CCCS1.I. The summed E-state index contributed by atoms with van der Waals surface area (Å²) in [5.41, 5.74) is 3.79. The first kappa shape index (κ1) is 21.4. The van der Waals surface area contributed by atoms with Crippen LogP contribution in [-0.4, -0.2) is 44.1 Å². The first-order chi connectivity index (χ1) is 11.1. The van der Waals surface area contributed by atoms with Crippen LogP contribution in [0.25, 0.3) is 0 Å². The number of hydrogen-bond acceptors (Lipinski definition) is 3. The Hall–Kier alpha value is -0.630. The van der Waals surface area contributed by atoms with Gasteiger partial charge in [0.25, 0.3) is 0 Å². The molecule has 1 atom stereocenters. The monoisotopic (exact) mass is 462 g/mol. The number of benzene rings is 1. The number of halogens is 1. The van der Waals surface area contributed by atoms with Gasteiger partial charge in [-0.05, 0) is 49.6 Å². The lowest BCUT2D eigenvalue weighted by Gasteiger charge is -2.18. The van der Waals surface area contributed by atoms with Gasteiger partial charge in [-0.1, -0.05) is 12.1 Å². The quantitative estimate of drug-likeness (QED) is 0.385. The van der Waals surface area contributed by atoms with Crippen LogP contribution in [0.1, 0.15) is 30.9 Å². The van der Waals surface area contributed by atoms with Gasteiger partial charge in [0.2, 0.25) is 0 Å². The molecule has 0 spiro atoms. The molecule has 0 amide bonds. The Labute approximate surface area is 168 Å². The molecule has 1 aromatic rings. The van der Waals surface area contributed by atoms with E-state index in [0.717, 1.165) is 24.3 Å². The van der Waals surface area contributed by atoms with Crippen molar-refractivity contribution in [2.24, 2.45) is 4.99 Å². The van der Waals surface area contributed by atoms with E-state index in [2.05, 4.69) is 73.4 Å². The van der Waals surface area contributed by atoms with E-state index in [4.69, 9.17) is 4.99 Å². The normalized spacial score (nSPS) is 17.3. The van der Waals surface area contributed by atoms with Crippen LogP contribution < -0.4 is 15.5 Å². The van der Waals surface area contributed by atoms with Crippen LogP contribution in [0.5, 0.6) is 0 Å². The van der Waals surface area contributed by atoms with Crippen molar-refractivity contribution < 1.29 is 0 Å². The average molecular weight is 462 g/mol. The Kier molecular flexibility index (Phi) is 9.88. The van der Waals surface area contributed by atoms with Crippen molar-refractivity contribution in [3.05, 3.63) is 29.3 Å². The standard InChI is InChI=1S/C18H30N4S.HI/c1-5-19-18(21-13-16-7-6-10-23-16)20-12-15-9-8-14(2)11-17(15)22(3)4;/h8-9,11,16H,5-7,10,12-13H2,1-4H3,(H2,19,20,21);1H. The van der Waals surface area contributed by atoms with Crippen LogP contribution in [0.15, 0.2) is 23.2 Å². The molecule has 1 aliphatic rings. The average Bonchev–Trinajstić information content (AvgIpc) is 3.04. The van der Waals surface area contributed by atoms with E-state index >= 15 is 0 Å². The number of aryl methyl sites for hydroxylation is 1. The van der Waals surface area contributed by atoms with Crippen LogP contribution in [0.2, 0.25) is 0 Å². The van der Waals surface area contributed by atoms with Gasteiger partial charge in [0.15, 0.2) is 5.96 Å². The fourth-order valence-corrected chi connectivity index (χ4v) is 3.95. The molecule has 1 aliphatic heterocycles. The molecule has 0 aliphatic carbocycles. The molecule has 136 valence electrons. The van der Waals surface area contributed by atoms with Gasteiger partial charge in [-0.2, -0.15) is 11.8 Å². The molecule has 24 heavy (non-hydrogen) atoms. The third-order valence-electron chi connectivity index (χ3n) is 4.00. The molecule has 1 saturated heterocycles. The molecule has 1 aromatic carbocycles. The Morgan fingerprint density at radius 2 is 2.12 bits per heavy atom. The molecule has 4 nitrogen and oxygen atoms in total. The van der Waals surface area contributed by atoms with Crippen molar-refractivity contribution in [3.63, 3.8) is 0 Å². The molecule has 1 fully saturated rings. The summed E-state index contributed by atoms with van der Waals surface area (Å²) < 4.78 is 0. The lowest BCUT2D eigenvalue weighted by molar-refractivity contribution is 0.727. The molecule has 2 rings (SSSR count). The Bertz CT molecular complexity index is 528. The Balaban J connectivity index is 0.00000288. The van der Waals surface area contributed by atoms with E-state index in [-0.39, 0.29) is 24.0 Å². The van der Waals surface area contributed by atoms with Crippen molar-refractivity contribution in [2.75, 3.05) is 37.8 Å². The molecule has 2 N–H and O–H groups in total. The van der Waals surface area contributed by atoms with Crippen LogP contribution in [0, 0.1) is 6.92 Å². The van der Waals surface area contributed by atoms with E-state index in [1.165, 1.54) is 35.4 Å². The van der Waals surface area contributed by atoms with E-state index in [9.17, 15) is 0 Å². The molecule has 0 bridgehead atoms. The number of nitrogens with zero attached hydrogens (tertiary/aromatic N) is 2. The lowest BCUT2D eigenvalue weighted by atomic mass is 10.1. The number of anilines is 1. The third kappa shape index (κ3) is 6.70. The largest absolute Gasteiger partial charge is 0.377 e. The number of rotatable bonds is 6. The molecule has 1 unspecified atom stereocenters. The maximum absolute atomic E-state index is 4.78. The van der Waals surface area contributed by atoms with Crippen LogP contribution >= 0.6 is 35.7 Å². The Morgan fingerprint density at radius 3 is 2.75 bits per heavy atom. The molecule has 1 heterocycles. The zero-order valence-corrected chi connectivity index (χ0v) is 18.4. The predicted octanol–water partition coefficient (Wildman–Crippen LogP) is 3.63. The highest BCUT2D eigenvalue weighted by Gasteiger charge is 2.15. The maximum Gasteiger partial charge on any atom is 0.191 e. The summed E-state index contributed by atoms with van der Waals surface area (Å²) in [5, 5.41) is 7.58. The van der Waals surface area contributed by atoms with Crippen molar-refractivity contribution in [1.82, 2.24) is 10.6 Å². The molecule has 0 saturated carbocycles. The zero-order chi connectivity index (χ0) is 16.7. The third-order valence-corrected chi connectivity index (χ3v) is 5.39. The van der Waals surface area contributed by atoms with Crippen molar-refractivity contribution in [1.29, 1.82) is 0 Å². The van der Waals surface area contributed by atoms with Gasteiger partial charge in [0.05, 0.1) is 6.54 Å². The summed E-state index contributed by atoms with van der Waals surface area (Å²) in [5.74, 6) is 2.22. The highest BCUT2D eigenvalue weighted by Crippen LogP contribution is 2.25. The van der Waals surface area contributed by atoms with E-state index in [1.54, 1.807) is 0 Å². The van der Waals surface area contributed by atoms with Gasteiger partial charge in [-0.15, -0.1) is 24.0 Å².